The Morgan fingerprint density at radius 2 is 1.31 bits per heavy atom. The molecule has 0 fully saturated rings. The summed E-state index contributed by atoms with van der Waals surface area (Å²) in [4.78, 5) is 16.4. The number of nitrogens with zero attached hydrogens (tertiary/aromatic N) is 1. The molecule has 2 aromatic carbocycles. The summed E-state index contributed by atoms with van der Waals surface area (Å²) in [6.07, 6.45) is 1.50. The predicted octanol–water partition coefficient (Wildman–Crippen LogP) is 4.54. The number of benzene rings is 2. The van der Waals surface area contributed by atoms with Crippen molar-refractivity contribution in [1.29, 1.82) is 0 Å². The zero-order valence-electron chi connectivity index (χ0n) is 16.3. The maximum atomic E-state index is 12.2. The zero-order valence-corrected chi connectivity index (χ0v) is 16.3. The summed E-state index contributed by atoms with van der Waals surface area (Å²) in [5.41, 5.74) is 1.05. The van der Waals surface area contributed by atoms with Crippen molar-refractivity contribution in [2.75, 3.05) is 32.0 Å². The third-order valence-corrected chi connectivity index (χ3v) is 3.89. The first kappa shape index (κ1) is 19.8. The zero-order chi connectivity index (χ0) is 20.6. The van der Waals surface area contributed by atoms with Crippen molar-refractivity contribution >= 4 is 17.4 Å². The summed E-state index contributed by atoms with van der Waals surface area (Å²) >= 11 is 0. The van der Waals surface area contributed by atoms with Crippen LogP contribution in [0.25, 0.3) is 0 Å². The van der Waals surface area contributed by atoms with E-state index in [-0.39, 0.29) is 0 Å². The predicted molar refractivity (Wildman–Crippen MR) is 109 cm³/mol. The number of aromatic nitrogens is 1. The summed E-state index contributed by atoms with van der Waals surface area (Å²) in [6, 6.07) is 15.2. The smallest absolute Gasteiger partial charge is 0.323 e. The highest BCUT2D eigenvalue weighted by Crippen LogP contribution is 2.26. The number of methoxy groups -OCH3 is 3. The molecule has 0 aliphatic carbocycles. The van der Waals surface area contributed by atoms with E-state index in [2.05, 4.69) is 15.6 Å². The van der Waals surface area contributed by atoms with Gasteiger partial charge in [-0.1, -0.05) is 0 Å². The van der Waals surface area contributed by atoms with Crippen LogP contribution in [0.4, 0.5) is 16.2 Å². The van der Waals surface area contributed by atoms with Crippen LogP contribution in [-0.4, -0.2) is 32.3 Å². The summed E-state index contributed by atoms with van der Waals surface area (Å²) in [5.74, 6) is 2.91. The van der Waals surface area contributed by atoms with Crippen LogP contribution < -0.4 is 29.6 Å². The summed E-state index contributed by atoms with van der Waals surface area (Å²) in [5, 5.41) is 5.43. The van der Waals surface area contributed by atoms with Gasteiger partial charge in [0.15, 0.2) is 0 Å². The van der Waals surface area contributed by atoms with Gasteiger partial charge in [0.1, 0.15) is 23.0 Å². The Hall–Kier alpha value is -3.94. The summed E-state index contributed by atoms with van der Waals surface area (Å²) in [6.45, 7) is 0. The van der Waals surface area contributed by atoms with Gasteiger partial charge in [-0.2, -0.15) is 0 Å². The standard InChI is InChI=1S/C21H21N3O5/c1-26-16-5-7-17(8-6-16)29-20-9-4-14(13-22-20)23-21(25)24-15-10-18(27-2)12-19(11-15)28-3/h4-13H,1-3H3,(H2,23,24,25). The van der Waals surface area contributed by atoms with E-state index in [4.69, 9.17) is 18.9 Å². The van der Waals surface area contributed by atoms with Crippen LogP contribution in [0.1, 0.15) is 0 Å². The molecule has 1 aromatic heterocycles. The van der Waals surface area contributed by atoms with E-state index in [0.29, 0.717) is 34.5 Å². The van der Waals surface area contributed by atoms with Crippen molar-refractivity contribution in [2.24, 2.45) is 0 Å². The molecule has 0 aliphatic rings. The topological polar surface area (TPSA) is 90.9 Å². The molecule has 150 valence electrons. The summed E-state index contributed by atoms with van der Waals surface area (Å²) in [7, 11) is 4.68. The van der Waals surface area contributed by atoms with Gasteiger partial charge in [-0.05, 0) is 30.3 Å². The average Bonchev–Trinajstić information content (AvgIpc) is 2.75. The molecule has 0 saturated carbocycles. The molecule has 2 amide bonds. The molecule has 0 saturated heterocycles. The largest absolute Gasteiger partial charge is 0.497 e. The minimum Gasteiger partial charge on any atom is -0.497 e. The lowest BCUT2D eigenvalue weighted by Crippen LogP contribution is -2.19. The van der Waals surface area contributed by atoms with Crippen molar-refractivity contribution in [1.82, 2.24) is 4.98 Å². The molecule has 0 radical (unpaired) electrons. The molecule has 8 heteroatoms. The number of nitrogens with one attached hydrogen (secondary N) is 2. The Labute approximate surface area is 168 Å². The fraction of sp³-hybridized carbons (Fsp3) is 0.143. The van der Waals surface area contributed by atoms with E-state index < -0.39 is 6.03 Å². The van der Waals surface area contributed by atoms with Gasteiger partial charge in [0.2, 0.25) is 5.88 Å². The first-order chi connectivity index (χ1) is 14.1. The molecule has 1 heterocycles. The minimum absolute atomic E-state index is 0.402. The second kappa shape index (κ2) is 9.32. The Bertz CT molecular complexity index is 937. The van der Waals surface area contributed by atoms with E-state index in [1.54, 1.807) is 75.9 Å². The molecular weight excluding hydrogens is 374 g/mol. The normalized spacial score (nSPS) is 10.0. The number of amides is 2. The van der Waals surface area contributed by atoms with Crippen LogP contribution in [0, 0.1) is 0 Å². The number of carbonyl (C=O) groups is 1. The van der Waals surface area contributed by atoms with Gasteiger partial charge in [0, 0.05) is 30.0 Å². The Morgan fingerprint density at radius 3 is 1.86 bits per heavy atom. The van der Waals surface area contributed by atoms with E-state index in [0.717, 1.165) is 5.75 Å². The SMILES string of the molecule is COc1ccc(Oc2ccc(NC(=O)Nc3cc(OC)cc(OC)c3)cn2)cc1. The Morgan fingerprint density at radius 1 is 0.724 bits per heavy atom. The highest BCUT2D eigenvalue weighted by Gasteiger charge is 2.07. The number of anilines is 2. The van der Waals surface area contributed by atoms with E-state index in [1.165, 1.54) is 6.20 Å². The fourth-order valence-corrected chi connectivity index (χ4v) is 2.45. The van der Waals surface area contributed by atoms with E-state index in [1.807, 2.05) is 0 Å². The Balaban J connectivity index is 1.59. The van der Waals surface area contributed by atoms with Crippen molar-refractivity contribution in [3.63, 3.8) is 0 Å². The second-order valence-electron chi connectivity index (χ2n) is 5.84. The van der Waals surface area contributed by atoms with Crippen LogP contribution in [0.15, 0.2) is 60.8 Å². The van der Waals surface area contributed by atoms with Crippen molar-refractivity contribution in [3.8, 4) is 28.9 Å². The van der Waals surface area contributed by atoms with Gasteiger partial charge in [0.05, 0.1) is 33.2 Å². The molecule has 0 spiro atoms. The van der Waals surface area contributed by atoms with Crippen LogP contribution in [-0.2, 0) is 0 Å². The molecule has 29 heavy (non-hydrogen) atoms. The van der Waals surface area contributed by atoms with E-state index >= 15 is 0 Å². The maximum Gasteiger partial charge on any atom is 0.323 e. The van der Waals surface area contributed by atoms with Crippen LogP contribution in [0.2, 0.25) is 0 Å². The second-order valence-corrected chi connectivity index (χ2v) is 5.84. The number of hydrogen-bond donors (Lipinski definition) is 2. The number of pyridine rings is 1. The van der Waals surface area contributed by atoms with Gasteiger partial charge in [-0.15, -0.1) is 0 Å². The van der Waals surface area contributed by atoms with Gasteiger partial charge < -0.3 is 29.6 Å². The monoisotopic (exact) mass is 395 g/mol. The number of ether oxygens (including phenoxy) is 4. The van der Waals surface area contributed by atoms with Crippen molar-refractivity contribution in [3.05, 3.63) is 60.8 Å². The molecule has 0 atom stereocenters. The van der Waals surface area contributed by atoms with Gasteiger partial charge >= 0.3 is 6.03 Å². The average molecular weight is 395 g/mol. The number of carbonyl (C=O) groups excluding carboxylic acids is 1. The maximum absolute atomic E-state index is 12.2. The lowest BCUT2D eigenvalue weighted by Gasteiger charge is -2.11. The van der Waals surface area contributed by atoms with E-state index in [9.17, 15) is 4.79 Å². The number of rotatable bonds is 7. The van der Waals surface area contributed by atoms with Gasteiger partial charge in [0.25, 0.3) is 0 Å². The molecule has 3 rings (SSSR count). The minimum atomic E-state index is -0.425. The summed E-state index contributed by atoms with van der Waals surface area (Å²) < 4.78 is 21.1. The molecule has 0 unspecified atom stereocenters. The fourth-order valence-electron chi connectivity index (χ4n) is 2.45. The van der Waals surface area contributed by atoms with Crippen molar-refractivity contribution < 1.29 is 23.7 Å². The van der Waals surface area contributed by atoms with Crippen LogP contribution in [0.5, 0.6) is 28.9 Å². The molecular formula is C21H21N3O5. The van der Waals surface area contributed by atoms with Crippen LogP contribution >= 0.6 is 0 Å². The van der Waals surface area contributed by atoms with Gasteiger partial charge in [-0.25, -0.2) is 9.78 Å². The first-order valence-electron chi connectivity index (χ1n) is 8.68. The lowest BCUT2D eigenvalue weighted by atomic mass is 10.3. The number of hydrogen-bond acceptors (Lipinski definition) is 6. The third-order valence-electron chi connectivity index (χ3n) is 3.89. The highest BCUT2D eigenvalue weighted by molar-refractivity contribution is 5.99. The van der Waals surface area contributed by atoms with Crippen molar-refractivity contribution in [2.45, 2.75) is 0 Å². The lowest BCUT2D eigenvalue weighted by molar-refractivity contribution is 0.262. The molecule has 0 bridgehead atoms. The quantitative estimate of drug-likeness (QED) is 0.610. The van der Waals surface area contributed by atoms with Gasteiger partial charge in [-0.3, -0.25) is 0 Å². The Kier molecular flexibility index (Phi) is 6.36. The molecule has 8 nitrogen and oxygen atoms in total. The molecule has 0 aliphatic heterocycles. The molecule has 2 N–H and O–H groups in total. The highest BCUT2D eigenvalue weighted by atomic mass is 16.5. The third kappa shape index (κ3) is 5.52. The number of urea groups is 1. The first-order valence-corrected chi connectivity index (χ1v) is 8.68. The molecule has 3 aromatic rings. The van der Waals surface area contributed by atoms with Crippen LogP contribution in [0.3, 0.4) is 0 Å².